The maximum Gasteiger partial charge on any atom is 0.261 e. The molecule has 0 radical (unpaired) electrons. The van der Waals surface area contributed by atoms with E-state index in [0.717, 1.165) is 0 Å². The standard InChI is InChI=1S/C14H18ClNO3/c1-4-7-16-14(18)10(3)19-13-6-5-11(15)8-12(13)9(2)17/h4-6,8-10,17H,1,7H2,2-3H3,(H,16,18)/t9-,10?/m0/s1. The summed E-state index contributed by atoms with van der Waals surface area (Å²) in [4.78, 5) is 11.7. The molecule has 0 aromatic heterocycles. The van der Waals surface area contributed by atoms with Gasteiger partial charge in [0.25, 0.3) is 5.91 Å². The second-order valence-corrected chi connectivity index (χ2v) is 4.59. The third kappa shape index (κ3) is 4.58. The van der Waals surface area contributed by atoms with Crippen molar-refractivity contribution in [3.63, 3.8) is 0 Å². The molecule has 104 valence electrons. The Kier molecular flexibility index (Phi) is 5.86. The van der Waals surface area contributed by atoms with E-state index in [1.54, 1.807) is 38.1 Å². The first kappa shape index (κ1) is 15.5. The van der Waals surface area contributed by atoms with Gasteiger partial charge in [-0.25, -0.2) is 0 Å². The molecular formula is C14H18ClNO3. The zero-order valence-electron chi connectivity index (χ0n) is 11.0. The van der Waals surface area contributed by atoms with Gasteiger partial charge in [0, 0.05) is 17.1 Å². The highest BCUT2D eigenvalue weighted by atomic mass is 35.5. The summed E-state index contributed by atoms with van der Waals surface area (Å²) >= 11 is 5.87. The molecule has 0 aliphatic rings. The molecule has 1 aromatic rings. The molecular weight excluding hydrogens is 266 g/mol. The molecule has 1 amide bonds. The van der Waals surface area contributed by atoms with Crippen LogP contribution in [0.15, 0.2) is 30.9 Å². The summed E-state index contributed by atoms with van der Waals surface area (Å²) in [5.74, 6) is 0.201. The van der Waals surface area contributed by atoms with Crippen LogP contribution in [0.1, 0.15) is 25.5 Å². The van der Waals surface area contributed by atoms with E-state index in [2.05, 4.69) is 11.9 Å². The molecule has 0 saturated carbocycles. The topological polar surface area (TPSA) is 58.6 Å². The van der Waals surface area contributed by atoms with Crippen LogP contribution in [0.5, 0.6) is 5.75 Å². The van der Waals surface area contributed by atoms with E-state index >= 15 is 0 Å². The number of hydrogen-bond donors (Lipinski definition) is 2. The molecule has 2 N–H and O–H groups in total. The maximum atomic E-state index is 11.7. The van der Waals surface area contributed by atoms with Crippen LogP contribution in [0.3, 0.4) is 0 Å². The molecule has 0 fully saturated rings. The predicted octanol–water partition coefficient (Wildman–Crippen LogP) is 2.46. The van der Waals surface area contributed by atoms with Gasteiger partial charge < -0.3 is 15.2 Å². The van der Waals surface area contributed by atoms with Crippen LogP contribution in [0.25, 0.3) is 0 Å². The minimum absolute atomic E-state index is 0.244. The Morgan fingerprint density at radius 1 is 1.58 bits per heavy atom. The molecule has 0 saturated heterocycles. The van der Waals surface area contributed by atoms with Crippen molar-refractivity contribution in [1.29, 1.82) is 0 Å². The van der Waals surface area contributed by atoms with Crippen molar-refractivity contribution in [1.82, 2.24) is 5.32 Å². The highest BCUT2D eigenvalue weighted by molar-refractivity contribution is 6.30. The smallest absolute Gasteiger partial charge is 0.261 e. The minimum atomic E-state index is -0.725. The Labute approximate surface area is 118 Å². The summed E-state index contributed by atoms with van der Waals surface area (Å²) < 4.78 is 5.56. The first-order valence-electron chi connectivity index (χ1n) is 5.98. The fraction of sp³-hybridized carbons (Fsp3) is 0.357. The van der Waals surface area contributed by atoms with Crippen molar-refractivity contribution in [3.05, 3.63) is 41.4 Å². The molecule has 4 nitrogen and oxygen atoms in total. The summed E-state index contributed by atoms with van der Waals surface area (Å²) in [5, 5.41) is 12.8. The van der Waals surface area contributed by atoms with E-state index < -0.39 is 12.2 Å². The van der Waals surface area contributed by atoms with Gasteiger partial charge in [-0.2, -0.15) is 0 Å². The highest BCUT2D eigenvalue weighted by Crippen LogP contribution is 2.29. The first-order valence-corrected chi connectivity index (χ1v) is 6.36. The van der Waals surface area contributed by atoms with Gasteiger partial charge in [-0.15, -0.1) is 6.58 Å². The lowest BCUT2D eigenvalue weighted by molar-refractivity contribution is -0.127. The van der Waals surface area contributed by atoms with Gasteiger partial charge in [0.15, 0.2) is 6.10 Å². The van der Waals surface area contributed by atoms with Gasteiger partial charge in [-0.1, -0.05) is 17.7 Å². The normalized spacial score (nSPS) is 13.5. The largest absolute Gasteiger partial charge is 0.481 e. The Balaban J connectivity index is 2.81. The summed E-state index contributed by atoms with van der Waals surface area (Å²) in [6.07, 6.45) is 0.199. The third-order valence-corrected chi connectivity index (χ3v) is 2.75. The van der Waals surface area contributed by atoms with Gasteiger partial charge >= 0.3 is 0 Å². The van der Waals surface area contributed by atoms with Gasteiger partial charge in [0.1, 0.15) is 5.75 Å². The number of aliphatic hydroxyl groups excluding tert-OH is 1. The van der Waals surface area contributed by atoms with Crippen molar-refractivity contribution in [2.24, 2.45) is 0 Å². The predicted molar refractivity (Wildman–Crippen MR) is 75.4 cm³/mol. The number of nitrogens with one attached hydrogen (secondary N) is 1. The van der Waals surface area contributed by atoms with Crippen molar-refractivity contribution in [3.8, 4) is 5.75 Å². The van der Waals surface area contributed by atoms with Crippen LogP contribution in [0.2, 0.25) is 5.02 Å². The van der Waals surface area contributed by atoms with E-state index in [-0.39, 0.29) is 5.91 Å². The molecule has 0 bridgehead atoms. The zero-order valence-corrected chi connectivity index (χ0v) is 11.8. The third-order valence-electron chi connectivity index (χ3n) is 2.52. The minimum Gasteiger partial charge on any atom is -0.481 e. The van der Waals surface area contributed by atoms with Gasteiger partial charge in [-0.05, 0) is 32.0 Å². The summed E-state index contributed by atoms with van der Waals surface area (Å²) in [6, 6.07) is 4.91. The average molecular weight is 284 g/mol. The van der Waals surface area contributed by atoms with Crippen LogP contribution >= 0.6 is 11.6 Å². The molecule has 5 heteroatoms. The van der Waals surface area contributed by atoms with Gasteiger partial charge in [0.2, 0.25) is 0 Å². The lowest BCUT2D eigenvalue weighted by Gasteiger charge is -2.18. The van der Waals surface area contributed by atoms with Crippen LogP contribution in [0, 0.1) is 0 Å². The molecule has 1 rings (SSSR count). The molecule has 0 heterocycles. The van der Waals surface area contributed by atoms with Crippen molar-refractivity contribution < 1.29 is 14.6 Å². The lowest BCUT2D eigenvalue weighted by Crippen LogP contribution is -2.36. The number of rotatable bonds is 6. The first-order chi connectivity index (χ1) is 8.95. The number of amides is 1. The Morgan fingerprint density at radius 3 is 2.84 bits per heavy atom. The van der Waals surface area contributed by atoms with Crippen molar-refractivity contribution in [2.75, 3.05) is 6.54 Å². The monoisotopic (exact) mass is 283 g/mol. The Morgan fingerprint density at radius 2 is 2.26 bits per heavy atom. The number of ether oxygens (including phenoxy) is 1. The number of aliphatic hydroxyl groups is 1. The second-order valence-electron chi connectivity index (χ2n) is 4.15. The fourth-order valence-corrected chi connectivity index (χ4v) is 1.69. The van der Waals surface area contributed by atoms with Crippen molar-refractivity contribution in [2.45, 2.75) is 26.1 Å². The molecule has 1 aromatic carbocycles. The molecule has 0 aliphatic heterocycles. The van der Waals surface area contributed by atoms with Crippen LogP contribution in [-0.2, 0) is 4.79 Å². The SMILES string of the molecule is C=CCNC(=O)C(C)Oc1ccc(Cl)cc1[C@H](C)O. The summed E-state index contributed by atoms with van der Waals surface area (Å²) in [6.45, 7) is 7.15. The number of carbonyl (C=O) groups is 1. The Bertz CT molecular complexity index is 460. The number of hydrogen-bond acceptors (Lipinski definition) is 3. The van der Waals surface area contributed by atoms with E-state index in [1.807, 2.05) is 0 Å². The van der Waals surface area contributed by atoms with E-state index in [0.29, 0.717) is 22.9 Å². The van der Waals surface area contributed by atoms with Gasteiger partial charge in [0.05, 0.1) is 6.10 Å². The van der Waals surface area contributed by atoms with Crippen LogP contribution < -0.4 is 10.1 Å². The van der Waals surface area contributed by atoms with Crippen LogP contribution in [0.4, 0.5) is 0 Å². The van der Waals surface area contributed by atoms with E-state index in [9.17, 15) is 9.90 Å². The van der Waals surface area contributed by atoms with E-state index in [4.69, 9.17) is 16.3 Å². The molecule has 0 aliphatic carbocycles. The highest BCUT2D eigenvalue weighted by Gasteiger charge is 2.17. The zero-order chi connectivity index (χ0) is 14.4. The lowest BCUT2D eigenvalue weighted by atomic mass is 10.1. The second kappa shape index (κ2) is 7.16. The molecule has 0 spiro atoms. The quantitative estimate of drug-likeness (QED) is 0.789. The molecule has 2 atom stereocenters. The maximum absolute atomic E-state index is 11.7. The van der Waals surface area contributed by atoms with E-state index in [1.165, 1.54) is 0 Å². The van der Waals surface area contributed by atoms with Crippen molar-refractivity contribution >= 4 is 17.5 Å². The average Bonchev–Trinajstić information content (AvgIpc) is 2.37. The molecule has 19 heavy (non-hydrogen) atoms. The summed E-state index contributed by atoms with van der Waals surface area (Å²) in [5.41, 5.74) is 0.552. The summed E-state index contributed by atoms with van der Waals surface area (Å²) in [7, 11) is 0. The number of halogens is 1. The Hall–Kier alpha value is -1.52. The van der Waals surface area contributed by atoms with Gasteiger partial charge in [-0.3, -0.25) is 4.79 Å². The van der Waals surface area contributed by atoms with Crippen LogP contribution in [-0.4, -0.2) is 23.7 Å². The number of benzene rings is 1. The molecule has 1 unspecified atom stereocenters. The number of carbonyl (C=O) groups excluding carboxylic acids is 1. The fourth-order valence-electron chi connectivity index (χ4n) is 1.51.